The van der Waals surface area contributed by atoms with Gasteiger partial charge in [-0.2, -0.15) is 0 Å². The van der Waals surface area contributed by atoms with Gasteiger partial charge < -0.3 is 0 Å². The molecule has 11 aromatic rings. The van der Waals surface area contributed by atoms with E-state index in [2.05, 4.69) is 164 Å². The second-order valence-electron chi connectivity index (χ2n) is 13.9. The standard InChI is InChI=1S/C51H31N3S2/c1-3-14-32(15-4-1)34-18-11-19-35(30-34)50-52-49(33-16-5-2-6-17-33)53-51(54-50)36-28-29-43-46(31-36)55-45-27-13-23-40(47(43)45)37-20-7-8-21-38(37)41-24-12-25-42-39-22-9-10-26-44(39)56-48(41)42/h1-31H. The number of hydrogen-bond donors (Lipinski definition) is 0. The Hall–Kier alpha value is -6.79. The van der Waals surface area contributed by atoms with Crippen LogP contribution in [0.1, 0.15) is 0 Å². The van der Waals surface area contributed by atoms with Gasteiger partial charge in [0.2, 0.25) is 0 Å². The van der Waals surface area contributed by atoms with E-state index in [1.807, 2.05) is 46.9 Å². The molecule has 0 fully saturated rings. The maximum absolute atomic E-state index is 5.13. The molecule has 0 saturated heterocycles. The molecule has 0 bridgehead atoms. The van der Waals surface area contributed by atoms with Gasteiger partial charge in [0.15, 0.2) is 17.5 Å². The fourth-order valence-corrected chi connectivity index (χ4v) is 10.3. The minimum atomic E-state index is 0.649. The fourth-order valence-electron chi connectivity index (χ4n) is 7.92. The number of rotatable bonds is 6. The zero-order valence-electron chi connectivity index (χ0n) is 30.1. The zero-order valence-corrected chi connectivity index (χ0v) is 31.7. The molecule has 8 aromatic carbocycles. The monoisotopic (exact) mass is 749 g/mol. The number of benzene rings is 8. The summed E-state index contributed by atoms with van der Waals surface area (Å²) in [5.41, 5.74) is 10.1. The van der Waals surface area contributed by atoms with Crippen LogP contribution in [0.4, 0.5) is 0 Å². The lowest BCUT2D eigenvalue weighted by Crippen LogP contribution is -2.00. The van der Waals surface area contributed by atoms with Gasteiger partial charge in [0.1, 0.15) is 0 Å². The van der Waals surface area contributed by atoms with Gasteiger partial charge in [-0.25, -0.2) is 15.0 Å². The average molecular weight is 750 g/mol. The van der Waals surface area contributed by atoms with Gasteiger partial charge in [-0.1, -0.05) is 164 Å². The highest BCUT2D eigenvalue weighted by molar-refractivity contribution is 7.26. The quantitative estimate of drug-likeness (QED) is 0.170. The molecule has 56 heavy (non-hydrogen) atoms. The van der Waals surface area contributed by atoms with Crippen molar-refractivity contribution in [3.8, 4) is 67.5 Å². The van der Waals surface area contributed by atoms with Gasteiger partial charge in [-0.15, -0.1) is 22.7 Å². The van der Waals surface area contributed by atoms with Crippen molar-refractivity contribution < 1.29 is 0 Å². The lowest BCUT2D eigenvalue weighted by atomic mass is 9.91. The van der Waals surface area contributed by atoms with Gasteiger partial charge in [0, 0.05) is 62.6 Å². The van der Waals surface area contributed by atoms with Crippen LogP contribution in [0.15, 0.2) is 188 Å². The molecule has 3 aromatic heterocycles. The van der Waals surface area contributed by atoms with Gasteiger partial charge in [0.05, 0.1) is 0 Å². The predicted molar refractivity (Wildman–Crippen MR) is 238 cm³/mol. The Morgan fingerprint density at radius 2 is 0.821 bits per heavy atom. The maximum atomic E-state index is 5.13. The first-order chi connectivity index (χ1) is 27.7. The highest BCUT2D eigenvalue weighted by atomic mass is 32.1. The van der Waals surface area contributed by atoms with Crippen molar-refractivity contribution in [1.82, 2.24) is 15.0 Å². The molecule has 3 heterocycles. The first-order valence-corrected chi connectivity index (χ1v) is 20.3. The van der Waals surface area contributed by atoms with Crippen LogP contribution in [0.3, 0.4) is 0 Å². The Morgan fingerprint density at radius 3 is 1.62 bits per heavy atom. The third kappa shape index (κ3) is 5.60. The third-order valence-electron chi connectivity index (χ3n) is 10.6. The van der Waals surface area contributed by atoms with Crippen molar-refractivity contribution >= 4 is 63.0 Å². The van der Waals surface area contributed by atoms with Crippen molar-refractivity contribution in [3.63, 3.8) is 0 Å². The lowest BCUT2D eigenvalue weighted by Gasteiger charge is -2.13. The van der Waals surface area contributed by atoms with E-state index in [9.17, 15) is 0 Å². The first kappa shape index (κ1) is 32.6. The average Bonchev–Trinajstić information content (AvgIpc) is 3.85. The van der Waals surface area contributed by atoms with Crippen LogP contribution in [0, 0.1) is 0 Å². The highest BCUT2D eigenvalue weighted by Gasteiger charge is 2.19. The van der Waals surface area contributed by atoms with Crippen molar-refractivity contribution in [3.05, 3.63) is 188 Å². The minimum Gasteiger partial charge on any atom is -0.208 e. The Labute approximate surface area is 331 Å². The summed E-state index contributed by atoms with van der Waals surface area (Å²) in [4.78, 5) is 15.2. The van der Waals surface area contributed by atoms with Gasteiger partial charge in [0.25, 0.3) is 0 Å². The van der Waals surface area contributed by atoms with Crippen LogP contribution < -0.4 is 0 Å². The molecule has 0 atom stereocenters. The van der Waals surface area contributed by atoms with Gasteiger partial charge >= 0.3 is 0 Å². The lowest BCUT2D eigenvalue weighted by molar-refractivity contribution is 1.07. The van der Waals surface area contributed by atoms with Gasteiger partial charge in [-0.3, -0.25) is 0 Å². The van der Waals surface area contributed by atoms with Crippen LogP contribution >= 0.6 is 22.7 Å². The fraction of sp³-hybridized carbons (Fsp3) is 0. The molecule has 0 aliphatic rings. The summed E-state index contributed by atoms with van der Waals surface area (Å²) < 4.78 is 5.09. The van der Waals surface area contributed by atoms with E-state index in [-0.39, 0.29) is 0 Å². The second kappa shape index (κ2) is 13.5. The Bertz CT molecular complexity index is 3250. The third-order valence-corrected chi connectivity index (χ3v) is 12.9. The van der Waals surface area contributed by atoms with Crippen LogP contribution in [0.2, 0.25) is 0 Å². The number of thiophene rings is 2. The number of aromatic nitrogens is 3. The van der Waals surface area contributed by atoms with Crippen molar-refractivity contribution in [2.75, 3.05) is 0 Å². The first-order valence-electron chi connectivity index (χ1n) is 18.7. The summed E-state index contributed by atoms with van der Waals surface area (Å²) in [6.07, 6.45) is 0. The number of nitrogens with zero attached hydrogens (tertiary/aromatic N) is 3. The molecule has 0 aliphatic carbocycles. The Morgan fingerprint density at radius 1 is 0.286 bits per heavy atom. The molecular formula is C51H31N3S2. The molecule has 0 N–H and O–H groups in total. The summed E-state index contributed by atoms with van der Waals surface area (Å²) >= 11 is 3.70. The molecule has 3 nitrogen and oxygen atoms in total. The molecular weight excluding hydrogens is 719 g/mol. The maximum Gasteiger partial charge on any atom is 0.164 e. The summed E-state index contributed by atoms with van der Waals surface area (Å²) in [6, 6.07) is 66.8. The predicted octanol–water partition coefficient (Wildman–Crippen LogP) is 14.6. The van der Waals surface area contributed by atoms with E-state index in [4.69, 9.17) is 15.0 Å². The van der Waals surface area contributed by atoms with E-state index in [1.165, 1.54) is 62.6 Å². The SMILES string of the molecule is c1ccc(-c2cccc(-c3nc(-c4ccccc4)nc(-c4ccc5c(c4)sc4cccc(-c6ccccc6-c6cccc7c6sc6ccccc67)c45)n3)c2)cc1. The summed E-state index contributed by atoms with van der Waals surface area (Å²) in [6.45, 7) is 0. The summed E-state index contributed by atoms with van der Waals surface area (Å²) in [5, 5.41) is 5.13. The minimum absolute atomic E-state index is 0.649. The molecule has 5 heteroatoms. The number of fused-ring (bicyclic) bond motifs is 6. The highest BCUT2D eigenvalue weighted by Crippen LogP contribution is 2.46. The molecule has 0 spiro atoms. The normalized spacial score (nSPS) is 11.6. The smallest absolute Gasteiger partial charge is 0.164 e. The van der Waals surface area contributed by atoms with Crippen LogP contribution in [-0.2, 0) is 0 Å². The van der Waals surface area contributed by atoms with E-state index in [0.29, 0.717) is 17.5 Å². The van der Waals surface area contributed by atoms with Gasteiger partial charge in [-0.05, 0) is 52.1 Å². The van der Waals surface area contributed by atoms with E-state index in [0.717, 1.165) is 27.8 Å². The molecule has 0 unspecified atom stereocenters. The van der Waals surface area contributed by atoms with Crippen molar-refractivity contribution in [2.45, 2.75) is 0 Å². The van der Waals surface area contributed by atoms with Crippen LogP contribution in [-0.4, -0.2) is 15.0 Å². The topological polar surface area (TPSA) is 38.7 Å². The molecule has 11 rings (SSSR count). The van der Waals surface area contributed by atoms with E-state index in [1.54, 1.807) is 0 Å². The van der Waals surface area contributed by atoms with Crippen LogP contribution in [0.5, 0.6) is 0 Å². The van der Waals surface area contributed by atoms with E-state index < -0.39 is 0 Å². The second-order valence-corrected chi connectivity index (χ2v) is 16.1. The summed E-state index contributed by atoms with van der Waals surface area (Å²) in [7, 11) is 0. The van der Waals surface area contributed by atoms with Crippen molar-refractivity contribution in [1.29, 1.82) is 0 Å². The molecule has 0 radical (unpaired) electrons. The Balaban J connectivity index is 1.05. The largest absolute Gasteiger partial charge is 0.208 e. The number of hydrogen-bond acceptors (Lipinski definition) is 5. The molecule has 0 aliphatic heterocycles. The molecule has 0 saturated carbocycles. The van der Waals surface area contributed by atoms with E-state index >= 15 is 0 Å². The molecule has 262 valence electrons. The summed E-state index contributed by atoms with van der Waals surface area (Å²) in [5.74, 6) is 1.95. The van der Waals surface area contributed by atoms with Crippen LogP contribution in [0.25, 0.3) is 108 Å². The van der Waals surface area contributed by atoms with Crippen molar-refractivity contribution in [2.24, 2.45) is 0 Å². The molecule has 0 amide bonds. The Kier molecular flexibility index (Phi) is 7.87. The zero-order chi connectivity index (χ0) is 37.0.